The Morgan fingerprint density at radius 1 is 1.21 bits per heavy atom. The number of hydrogen-bond acceptors (Lipinski definition) is 8. The quantitative estimate of drug-likeness (QED) is 0.711. The van der Waals surface area contributed by atoms with Crippen LogP contribution >= 0.6 is 11.5 Å². The Kier molecular flexibility index (Phi) is 2.99. The van der Waals surface area contributed by atoms with Crippen LogP contribution in [0.4, 0.5) is 10.9 Å². The minimum Gasteiger partial charge on any atom is -0.351 e. The van der Waals surface area contributed by atoms with Gasteiger partial charge in [-0.15, -0.1) is 15.3 Å². The number of aromatic nitrogens is 6. The van der Waals surface area contributed by atoms with Gasteiger partial charge in [0, 0.05) is 37.6 Å². The second-order valence-corrected chi connectivity index (χ2v) is 7.32. The van der Waals surface area contributed by atoms with Crippen LogP contribution in [0.15, 0.2) is 12.1 Å². The van der Waals surface area contributed by atoms with Crippen LogP contribution in [-0.2, 0) is 0 Å². The van der Waals surface area contributed by atoms with E-state index in [-0.39, 0.29) is 0 Å². The molecule has 9 heteroatoms. The molecule has 124 valence electrons. The summed E-state index contributed by atoms with van der Waals surface area (Å²) < 4.78 is 6.18. The molecule has 1 aliphatic carbocycles. The third kappa shape index (κ3) is 2.22. The Labute approximate surface area is 143 Å². The first-order chi connectivity index (χ1) is 11.7. The Balaban J connectivity index is 1.33. The maximum atomic E-state index is 4.76. The zero-order valence-electron chi connectivity index (χ0n) is 13.6. The van der Waals surface area contributed by atoms with Crippen molar-refractivity contribution < 1.29 is 0 Å². The molecular formula is C15H18N8S. The van der Waals surface area contributed by atoms with Crippen LogP contribution < -0.4 is 9.80 Å². The van der Waals surface area contributed by atoms with Crippen LogP contribution in [0, 0.1) is 6.92 Å². The molecule has 0 N–H and O–H groups in total. The van der Waals surface area contributed by atoms with Crippen LogP contribution in [0.5, 0.6) is 0 Å². The summed E-state index contributed by atoms with van der Waals surface area (Å²) in [5.41, 5.74) is 0.833. The molecule has 2 fully saturated rings. The topological polar surface area (TPSA) is 75.3 Å². The lowest BCUT2D eigenvalue weighted by molar-refractivity contribution is 0.488. The standard InChI is InChI=1S/C15H18N8S/c1-9-16-15(24-20-9)21(2)11-7-22(8-11)13-6-5-12-17-18-14(10-3-4-10)23(12)19-13/h5-6,10-11H,3-4,7-8H2,1-2H3. The fourth-order valence-corrected chi connectivity index (χ4v) is 3.74. The third-order valence-electron chi connectivity index (χ3n) is 4.77. The van der Waals surface area contributed by atoms with E-state index >= 15 is 0 Å². The maximum absolute atomic E-state index is 4.76. The summed E-state index contributed by atoms with van der Waals surface area (Å²) in [6.07, 6.45) is 2.40. The number of nitrogens with zero attached hydrogens (tertiary/aromatic N) is 8. The van der Waals surface area contributed by atoms with Gasteiger partial charge >= 0.3 is 0 Å². The molecule has 8 nitrogen and oxygen atoms in total. The van der Waals surface area contributed by atoms with Gasteiger partial charge in [0.15, 0.2) is 11.5 Å². The van der Waals surface area contributed by atoms with E-state index < -0.39 is 0 Å². The molecule has 0 amide bonds. The number of aryl methyl sites for hydroxylation is 1. The first kappa shape index (κ1) is 14.1. The van der Waals surface area contributed by atoms with Gasteiger partial charge in [-0.2, -0.15) is 8.89 Å². The first-order valence-corrected chi connectivity index (χ1v) is 8.97. The van der Waals surface area contributed by atoms with Crippen LogP contribution in [0.25, 0.3) is 5.65 Å². The lowest BCUT2D eigenvalue weighted by Gasteiger charge is -2.44. The van der Waals surface area contributed by atoms with E-state index in [1.807, 2.05) is 23.6 Å². The van der Waals surface area contributed by atoms with Crippen LogP contribution in [0.3, 0.4) is 0 Å². The maximum Gasteiger partial charge on any atom is 0.205 e. The highest BCUT2D eigenvalue weighted by molar-refractivity contribution is 7.09. The molecule has 1 saturated heterocycles. The molecule has 0 radical (unpaired) electrons. The molecule has 24 heavy (non-hydrogen) atoms. The lowest BCUT2D eigenvalue weighted by Crippen LogP contribution is -2.59. The van der Waals surface area contributed by atoms with Gasteiger partial charge in [0.05, 0.1) is 6.04 Å². The molecule has 0 spiro atoms. The Hall–Kier alpha value is -2.29. The summed E-state index contributed by atoms with van der Waals surface area (Å²) in [6.45, 7) is 3.81. The molecule has 3 aromatic rings. The highest BCUT2D eigenvalue weighted by Gasteiger charge is 2.33. The van der Waals surface area contributed by atoms with Gasteiger partial charge in [-0.05, 0) is 31.9 Å². The zero-order valence-corrected chi connectivity index (χ0v) is 14.4. The van der Waals surface area contributed by atoms with Gasteiger partial charge in [0.25, 0.3) is 0 Å². The average molecular weight is 342 g/mol. The zero-order chi connectivity index (χ0) is 16.3. The van der Waals surface area contributed by atoms with Crippen molar-refractivity contribution in [2.75, 3.05) is 29.9 Å². The highest BCUT2D eigenvalue weighted by Crippen LogP contribution is 2.39. The fourth-order valence-electron chi connectivity index (χ4n) is 3.03. The summed E-state index contributed by atoms with van der Waals surface area (Å²) in [4.78, 5) is 8.96. The van der Waals surface area contributed by atoms with E-state index in [2.05, 4.69) is 36.4 Å². The van der Waals surface area contributed by atoms with E-state index in [4.69, 9.17) is 5.10 Å². The predicted molar refractivity (Wildman–Crippen MR) is 91.8 cm³/mol. The second kappa shape index (κ2) is 5.10. The van der Waals surface area contributed by atoms with Crippen LogP contribution in [-0.4, -0.2) is 55.3 Å². The third-order valence-corrected chi connectivity index (χ3v) is 5.67. The normalized spacial score (nSPS) is 18.2. The lowest BCUT2D eigenvalue weighted by atomic mass is 10.1. The van der Waals surface area contributed by atoms with Crippen molar-refractivity contribution in [3.8, 4) is 0 Å². The summed E-state index contributed by atoms with van der Waals surface area (Å²) >= 11 is 1.46. The van der Waals surface area contributed by atoms with Gasteiger partial charge in [-0.25, -0.2) is 4.98 Å². The molecule has 0 unspecified atom stereocenters. The number of rotatable bonds is 4. The molecule has 1 saturated carbocycles. The first-order valence-electron chi connectivity index (χ1n) is 8.19. The molecule has 2 aliphatic rings. The van der Waals surface area contributed by atoms with Gasteiger partial charge in [-0.1, -0.05) is 0 Å². The smallest absolute Gasteiger partial charge is 0.205 e. The number of likely N-dealkylation sites (N-methyl/N-ethyl adjacent to an activating group) is 1. The number of anilines is 2. The van der Waals surface area contributed by atoms with E-state index in [0.717, 1.165) is 41.3 Å². The van der Waals surface area contributed by atoms with Crippen molar-refractivity contribution in [1.29, 1.82) is 0 Å². The Morgan fingerprint density at radius 3 is 2.75 bits per heavy atom. The van der Waals surface area contributed by atoms with Crippen LogP contribution in [0.2, 0.25) is 0 Å². The molecule has 0 atom stereocenters. The van der Waals surface area contributed by atoms with E-state index in [1.165, 1.54) is 24.4 Å². The van der Waals surface area contributed by atoms with Gasteiger partial charge in [0.2, 0.25) is 5.13 Å². The predicted octanol–water partition coefficient (Wildman–Crippen LogP) is 1.49. The highest BCUT2D eigenvalue weighted by atomic mass is 32.1. The molecule has 3 aromatic heterocycles. The molecule has 5 rings (SSSR count). The minimum atomic E-state index is 0.443. The SMILES string of the molecule is Cc1nsc(N(C)C2CN(c3ccc4nnc(C5CC5)n4n3)C2)n1. The van der Waals surface area contributed by atoms with Crippen molar-refractivity contribution >= 4 is 28.1 Å². The number of hydrogen-bond donors (Lipinski definition) is 0. The van der Waals surface area contributed by atoms with Crippen molar-refractivity contribution in [3.05, 3.63) is 23.8 Å². The van der Waals surface area contributed by atoms with Gasteiger partial charge in [-0.3, -0.25) is 0 Å². The van der Waals surface area contributed by atoms with Crippen molar-refractivity contribution in [3.63, 3.8) is 0 Å². The second-order valence-electron chi connectivity index (χ2n) is 6.59. The molecule has 0 aromatic carbocycles. The molecule has 4 heterocycles. The van der Waals surface area contributed by atoms with Gasteiger partial charge in [0.1, 0.15) is 11.6 Å². The summed E-state index contributed by atoms with van der Waals surface area (Å²) in [7, 11) is 2.09. The largest absolute Gasteiger partial charge is 0.351 e. The average Bonchev–Trinajstić information content (AvgIpc) is 3.14. The summed E-state index contributed by atoms with van der Waals surface area (Å²) in [6, 6.07) is 4.48. The van der Waals surface area contributed by atoms with Crippen molar-refractivity contribution in [2.45, 2.75) is 31.7 Å². The van der Waals surface area contributed by atoms with Crippen molar-refractivity contribution in [1.82, 2.24) is 29.2 Å². The summed E-state index contributed by atoms with van der Waals surface area (Å²) in [5.74, 6) is 3.37. The Bertz CT molecular complexity index is 892. The van der Waals surface area contributed by atoms with Gasteiger partial charge < -0.3 is 9.80 Å². The Morgan fingerprint density at radius 2 is 2.04 bits per heavy atom. The van der Waals surface area contributed by atoms with E-state index in [1.54, 1.807) is 0 Å². The monoisotopic (exact) mass is 342 g/mol. The van der Waals surface area contributed by atoms with Crippen molar-refractivity contribution in [2.24, 2.45) is 0 Å². The molecule has 0 bridgehead atoms. The molecular weight excluding hydrogens is 324 g/mol. The van der Waals surface area contributed by atoms with Crippen LogP contribution in [0.1, 0.15) is 30.4 Å². The molecule has 1 aliphatic heterocycles. The fraction of sp³-hybridized carbons (Fsp3) is 0.533. The minimum absolute atomic E-state index is 0.443. The summed E-state index contributed by atoms with van der Waals surface area (Å²) in [5, 5.41) is 14.3. The van der Waals surface area contributed by atoms with E-state index in [0.29, 0.717) is 12.0 Å². The van der Waals surface area contributed by atoms with E-state index in [9.17, 15) is 0 Å². The number of fused-ring (bicyclic) bond motifs is 1.